The van der Waals surface area contributed by atoms with E-state index in [1.165, 1.54) is 19.2 Å². The fourth-order valence-electron chi connectivity index (χ4n) is 1.71. The van der Waals surface area contributed by atoms with Crippen molar-refractivity contribution in [3.05, 3.63) is 52.7 Å². The molecular formula is C13H15FN2O2S2. The molecule has 0 bridgehead atoms. The smallest absolute Gasteiger partial charge is 0.252 e. The first-order chi connectivity index (χ1) is 9.45. The van der Waals surface area contributed by atoms with Gasteiger partial charge in [0.15, 0.2) is 0 Å². The molecule has 2 rings (SSSR count). The van der Waals surface area contributed by atoms with E-state index in [4.69, 9.17) is 5.73 Å². The topological polar surface area (TPSA) is 63.4 Å². The molecule has 0 saturated carbocycles. The zero-order valence-corrected chi connectivity index (χ0v) is 12.5. The van der Waals surface area contributed by atoms with E-state index >= 15 is 0 Å². The highest BCUT2D eigenvalue weighted by molar-refractivity contribution is 7.91. The maximum Gasteiger partial charge on any atom is 0.252 e. The van der Waals surface area contributed by atoms with Gasteiger partial charge in [-0.3, -0.25) is 0 Å². The molecule has 0 atom stereocenters. The van der Waals surface area contributed by atoms with Gasteiger partial charge in [-0.15, -0.1) is 11.3 Å². The maximum absolute atomic E-state index is 13.6. The van der Waals surface area contributed by atoms with Crippen LogP contribution in [0, 0.1) is 5.82 Å². The van der Waals surface area contributed by atoms with E-state index in [2.05, 4.69) is 0 Å². The summed E-state index contributed by atoms with van der Waals surface area (Å²) in [5, 5.41) is 0. The van der Waals surface area contributed by atoms with Crippen molar-refractivity contribution in [1.29, 1.82) is 0 Å². The molecule has 1 aromatic heterocycles. The molecule has 4 nitrogen and oxygen atoms in total. The van der Waals surface area contributed by atoms with Gasteiger partial charge in [0.1, 0.15) is 10.0 Å². The Kier molecular flexibility index (Phi) is 4.54. The van der Waals surface area contributed by atoms with Crippen molar-refractivity contribution in [3.63, 3.8) is 0 Å². The highest BCUT2D eigenvalue weighted by Crippen LogP contribution is 2.25. The predicted molar refractivity (Wildman–Crippen MR) is 77.3 cm³/mol. The summed E-state index contributed by atoms with van der Waals surface area (Å²) in [7, 11) is -2.18. The minimum Gasteiger partial charge on any atom is -0.326 e. The van der Waals surface area contributed by atoms with E-state index in [9.17, 15) is 12.8 Å². The molecule has 0 radical (unpaired) electrons. The van der Waals surface area contributed by atoms with Gasteiger partial charge >= 0.3 is 0 Å². The van der Waals surface area contributed by atoms with Gasteiger partial charge < -0.3 is 5.73 Å². The van der Waals surface area contributed by atoms with Crippen molar-refractivity contribution in [3.8, 4) is 0 Å². The molecule has 0 aliphatic carbocycles. The highest BCUT2D eigenvalue weighted by atomic mass is 32.2. The van der Waals surface area contributed by atoms with Crippen LogP contribution in [0.1, 0.15) is 10.4 Å². The first-order valence-electron chi connectivity index (χ1n) is 5.93. The zero-order chi connectivity index (χ0) is 14.8. The van der Waals surface area contributed by atoms with Gasteiger partial charge in [-0.2, -0.15) is 4.31 Å². The predicted octanol–water partition coefficient (Wildman–Crippen LogP) is 2.17. The second kappa shape index (κ2) is 6.01. The number of nitrogens with zero attached hydrogens (tertiary/aromatic N) is 1. The fourth-order valence-corrected chi connectivity index (χ4v) is 4.31. The zero-order valence-electron chi connectivity index (χ0n) is 10.9. The van der Waals surface area contributed by atoms with Crippen LogP contribution in [-0.2, 0) is 23.1 Å². The molecule has 0 spiro atoms. The van der Waals surface area contributed by atoms with Crippen LogP contribution in [0.25, 0.3) is 0 Å². The van der Waals surface area contributed by atoms with Gasteiger partial charge in [-0.25, -0.2) is 12.8 Å². The standard InChI is InChI=1S/C13H15FN2O2S2/c1-16(9-10-4-2-3-5-12(10)14)20(17,18)13-7-6-11(8-15)19-13/h2-7H,8-9,15H2,1H3. The lowest BCUT2D eigenvalue weighted by atomic mass is 10.2. The molecule has 20 heavy (non-hydrogen) atoms. The number of rotatable bonds is 5. The summed E-state index contributed by atoms with van der Waals surface area (Å²) in [6.07, 6.45) is 0. The largest absolute Gasteiger partial charge is 0.326 e. The summed E-state index contributed by atoms with van der Waals surface area (Å²) in [5.74, 6) is -0.414. The third-order valence-corrected chi connectivity index (χ3v) is 6.23. The van der Waals surface area contributed by atoms with Crippen molar-refractivity contribution >= 4 is 21.4 Å². The number of halogens is 1. The Balaban J connectivity index is 2.23. The first kappa shape index (κ1) is 15.1. The van der Waals surface area contributed by atoms with Crippen molar-refractivity contribution in [1.82, 2.24) is 4.31 Å². The molecule has 0 aliphatic heterocycles. The van der Waals surface area contributed by atoms with Gasteiger partial charge in [-0.1, -0.05) is 18.2 Å². The Morgan fingerprint density at radius 1 is 1.25 bits per heavy atom. The van der Waals surface area contributed by atoms with Crippen molar-refractivity contribution in [2.75, 3.05) is 7.05 Å². The second-order valence-corrected chi connectivity index (χ2v) is 7.72. The lowest BCUT2D eigenvalue weighted by Gasteiger charge is -2.16. The van der Waals surface area contributed by atoms with Crippen molar-refractivity contribution in [2.24, 2.45) is 5.73 Å². The second-order valence-electron chi connectivity index (χ2n) is 4.28. The minimum absolute atomic E-state index is 0.00906. The maximum atomic E-state index is 13.6. The number of thiophene rings is 1. The Morgan fingerprint density at radius 3 is 2.55 bits per heavy atom. The third kappa shape index (κ3) is 3.06. The molecule has 2 N–H and O–H groups in total. The fraction of sp³-hybridized carbons (Fsp3) is 0.231. The molecule has 1 aromatic carbocycles. The Morgan fingerprint density at radius 2 is 1.95 bits per heavy atom. The summed E-state index contributed by atoms with van der Waals surface area (Å²) in [5.41, 5.74) is 5.82. The lowest BCUT2D eigenvalue weighted by molar-refractivity contribution is 0.458. The van der Waals surface area contributed by atoms with E-state index in [0.29, 0.717) is 12.1 Å². The summed E-state index contributed by atoms with van der Waals surface area (Å²) in [6, 6.07) is 9.35. The van der Waals surface area contributed by atoms with Crippen molar-refractivity contribution in [2.45, 2.75) is 17.3 Å². The quantitative estimate of drug-likeness (QED) is 0.920. The van der Waals surface area contributed by atoms with Crippen LogP contribution in [0.4, 0.5) is 4.39 Å². The van der Waals surface area contributed by atoms with Crippen LogP contribution in [0.2, 0.25) is 0 Å². The van der Waals surface area contributed by atoms with Crippen LogP contribution < -0.4 is 5.73 Å². The molecule has 0 saturated heterocycles. The summed E-state index contributed by atoms with van der Waals surface area (Å²) < 4.78 is 39.6. The summed E-state index contributed by atoms with van der Waals surface area (Å²) in [4.78, 5) is 0.794. The van der Waals surface area contributed by atoms with Crippen LogP contribution >= 0.6 is 11.3 Å². The number of hydrogen-bond donors (Lipinski definition) is 1. The van der Waals surface area contributed by atoms with Crippen LogP contribution in [0.15, 0.2) is 40.6 Å². The Bertz CT molecular complexity index is 698. The van der Waals surface area contributed by atoms with Gasteiger partial charge in [0.05, 0.1) is 0 Å². The normalized spacial score (nSPS) is 12.0. The van der Waals surface area contributed by atoms with E-state index in [-0.39, 0.29) is 10.8 Å². The molecule has 108 valence electrons. The molecule has 0 unspecified atom stereocenters. The molecule has 1 heterocycles. The first-order valence-corrected chi connectivity index (χ1v) is 8.19. The Hall–Kier alpha value is -1.28. The van der Waals surface area contributed by atoms with E-state index in [0.717, 1.165) is 20.5 Å². The SMILES string of the molecule is CN(Cc1ccccc1F)S(=O)(=O)c1ccc(CN)s1. The van der Waals surface area contributed by atoms with Crippen LogP contribution in [0.5, 0.6) is 0 Å². The van der Waals surface area contributed by atoms with E-state index in [1.807, 2.05) is 0 Å². The summed E-state index contributed by atoms with van der Waals surface area (Å²) >= 11 is 1.13. The lowest BCUT2D eigenvalue weighted by Crippen LogP contribution is -2.26. The number of sulfonamides is 1. The Labute approximate surface area is 121 Å². The van der Waals surface area contributed by atoms with Crippen LogP contribution in [0.3, 0.4) is 0 Å². The molecule has 0 fully saturated rings. The minimum atomic E-state index is -3.61. The number of nitrogens with two attached hydrogens (primary N) is 1. The van der Waals surface area contributed by atoms with Gasteiger partial charge in [-0.05, 0) is 18.2 Å². The van der Waals surface area contributed by atoms with E-state index < -0.39 is 15.8 Å². The van der Waals surface area contributed by atoms with Gasteiger partial charge in [0, 0.05) is 30.6 Å². The number of benzene rings is 1. The monoisotopic (exact) mass is 314 g/mol. The molecular weight excluding hydrogens is 299 g/mol. The molecule has 2 aromatic rings. The average Bonchev–Trinajstić information content (AvgIpc) is 2.90. The molecule has 7 heteroatoms. The molecule has 0 aliphatic rings. The molecule has 0 amide bonds. The van der Waals surface area contributed by atoms with E-state index in [1.54, 1.807) is 24.3 Å². The van der Waals surface area contributed by atoms with Gasteiger partial charge in [0.2, 0.25) is 0 Å². The average molecular weight is 314 g/mol. The van der Waals surface area contributed by atoms with Crippen LogP contribution in [-0.4, -0.2) is 19.8 Å². The van der Waals surface area contributed by atoms with Gasteiger partial charge in [0.25, 0.3) is 10.0 Å². The third-order valence-electron chi connectivity index (χ3n) is 2.85. The van der Waals surface area contributed by atoms with Crippen molar-refractivity contribution < 1.29 is 12.8 Å². The number of hydrogen-bond acceptors (Lipinski definition) is 4. The summed E-state index contributed by atoms with van der Waals surface area (Å²) in [6.45, 7) is 0.294. The highest BCUT2D eigenvalue weighted by Gasteiger charge is 2.23.